The zero-order chi connectivity index (χ0) is 26.8. The number of fused-ring (bicyclic) bond motifs is 3. The van der Waals surface area contributed by atoms with Gasteiger partial charge in [0, 0.05) is 17.9 Å². The molecule has 5 aromatic rings. The molecule has 0 aliphatic rings. The highest BCUT2D eigenvalue weighted by Crippen LogP contribution is 2.30. The molecular weight excluding hydrogens is 531 g/mol. The summed E-state index contributed by atoms with van der Waals surface area (Å²) in [7, 11) is 0. The largest absolute Gasteiger partial charge is 0.484 e. The van der Waals surface area contributed by atoms with Crippen molar-refractivity contribution in [2.75, 3.05) is 17.2 Å². The molecule has 2 aromatic heterocycles. The average Bonchev–Trinajstić information content (AvgIpc) is 2.90. The molecule has 0 fully saturated rings. The van der Waals surface area contributed by atoms with Crippen LogP contribution in [0, 0.1) is 0 Å². The molecule has 0 spiro atoms. The first-order valence-corrected chi connectivity index (χ1v) is 12.0. The van der Waals surface area contributed by atoms with Crippen molar-refractivity contribution in [3.8, 4) is 17.1 Å². The summed E-state index contributed by atoms with van der Waals surface area (Å²) in [4.78, 5) is 45.9. The molecule has 0 radical (unpaired) electrons. The maximum Gasteiger partial charge on any atom is 0.349 e. The fourth-order valence-corrected chi connectivity index (χ4v) is 4.12. The van der Waals surface area contributed by atoms with E-state index in [4.69, 9.17) is 32.4 Å². The predicted molar refractivity (Wildman–Crippen MR) is 146 cm³/mol. The summed E-state index contributed by atoms with van der Waals surface area (Å²) in [5.41, 5.74) is 1.04. The molecule has 0 saturated heterocycles. The topological polar surface area (TPSA) is 123 Å². The number of nitrogens with zero attached hydrogens (tertiary/aromatic N) is 2. The van der Waals surface area contributed by atoms with E-state index in [1.165, 1.54) is 6.92 Å². The van der Waals surface area contributed by atoms with E-state index >= 15 is 0 Å². The van der Waals surface area contributed by atoms with Gasteiger partial charge in [-0.25, -0.2) is 14.8 Å². The van der Waals surface area contributed by atoms with E-state index in [0.717, 1.165) is 0 Å². The number of aromatic nitrogens is 2. The van der Waals surface area contributed by atoms with Crippen LogP contribution in [0.25, 0.3) is 33.3 Å². The van der Waals surface area contributed by atoms with E-state index in [1.54, 1.807) is 66.7 Å². The Kier molecular flexibility index (Phi) is 6.95. The first kappa shape index (κ1) is 25.2. The van der Waals surface area contributed by atoms with Crippen LogP contribution in [0.1, 0.15) is 6.92 Å². The molecule has 2 amide bonds. The van der Waals surface area contributed by atoms with Crippen LogP contribution in [0.15, 0.2) is 75.9 Å². The van der Waals surface area contributed by atoms with Crippen molar-refractivity contribution in [3.63, 3.8) is 0 Å². The van der Waals surface area contributed by atoms with Gasteiger partial charge in [0.15, 0.2) is 18.2 Å². The normalized spacial score (nSPS) is 10.9. The number of anilines is 2. The van der Waals surface area contributed by atoms with E-state index in [-0.39, 0.29) is 28.7 Å². The van der Waals surface area contributed by atoms with Crippen molar-refractivity contribution < 1.29 is 18.7 Å². The molecule has 0 bridgehead atoms. The smallest absolute Gasteiger partial charge is 0.349 e. The standard InChI is InChI=1S/C27H18Cl2N4O5/c1-14(34)30-26-22-24(17-5-2-3-8-20(17)38-27(22)36)32-25(33-26)15-9-11-16(12-10-15)37-13-21(35)31-19-7-4-6-18(28)23(19)29/h2-12H,13H2,1H3,(H,31,35)(H,30,32,33,34). The summed E-state index contributed by atoms with van der Waals surface area (Å²) in [6, 6.07) is 18.6. The van der Waals surface area contributed by atoms with Crippen LogP contribution >= 0.6 is 23.2 Å². The zero-order valence-electron chi connectivity index (χ0n) is 19.7. The average molecular weight is 549 g/mol. The summed E-state index contributed by atoms with van der Waals surface area (Å²) in [6.45, 7) is 1.06. The summed E-state index contributed by atoms with van der Waals surface area (Å²) in [5, 5.41) is 6.49. The van der Waals surface area contributed by atoms with E-state index in [2.05, 4.69) is 20.6 Å². The van der Waals surface area contributed by atoms with Gasteiger partial charge in [-0.3, -0.25) is 9.59 Å². The minimum atomic E-state index is -0.657. The fourth-order valence-electron chi connectivity index (χ4n) is 3.77. The molecule has 0 aliphatic carbocycles. The van der Waals surface area contributed by atoms with Crippen LogP contribution in [-0.2, 0) is 9.59 Å². The lowest BCUT2D eigenvalue weighted by Gasteiger charge is -2.11. The Morgan fingerprint density at radius 2 is 1.71 bits per heavy atom. The summed E-state index contributed by atoms with van der Waals surface area (Å²) in [6.07, 6.45) is 0. The van der Waals surface area contributed by atoms with Crippen molar-refractivity contribution in [3.05, 3.63) is 87.2 Å². The number of carbonyl (C=O) groups is 2. The molecule has 9 nitrogen and oxygen atoms in total. The molecule has 0 saturated carbocycles. The highest BCUT2D eigenvalue weighted by atomic mass is 35.5. The number of amides is 2. The lowest BCUT2D eigenvalue weighted by atomic mass is 10.1. The molecular formula is C27H18Cl2N4O5. The minimum Gasteiger partial charge on any atom is -0.484 e. The number of rotatable bonds is 6. The Bertz CT molecular complexity index is 1770. The van der Waals surface area contributed by atoms with Crippen molar-refractivity contribution in [2.45, 2.75) is 6.92 Å². The van der Waals surface area contributed by atoms with Crippen LogP contribution in [0.4, 0.5) is 11.5 Å². The third-order valence-electron chi connectivity index (χ3n) is 5.46. The van der Waals surface area contributed by atoms with Crippen molar-refractivity contribution in [1.29, 1.82) is 0 Å². The molecule has 0 unspecified atom stereocenters. The van der Waals surface area contributed by atoms with E-state index in [0.29, 0.717) is 38.5 Å². The van der Waals surface area contributed by atoms with Crippen LogP contribution < -0.4 is 21.0 Å². The molecule has 0 aliphatic heterocycles. The highest BCUT2D eigenvalue weighted by molar-refractivity contribution is 6.44. The van der Waals surface area contributed by atoms with E-state index in [1.807, 2.05) is 0 Å². The first-order valence-electron chi connectivity index (χ1n) is 11.3. The van der Waals surface area contributed by atoms with E-state index in [9.17, 15) is 14.4 Å². The third kappa shape index (κ3) is 5.15. The van der Waals surface area contributed by atoms with Crippen LogP contribution in [0.5, 0.6) is 5.75 Å². The lowest BCUT2D eigenvalue weighted by Crippen LogP contribution is -2.20. The lowest BCUT2D eigenvalue weighted by molar-refractivity contribution is -0.118. The second-order valence-corrected chi connectivity index (χ2v) is 8.93. The number of carbonyl (C=O) groups excluding carboxylic acids is 2. The number of hydrogen-bond acceptors (Lipinski definition) is 7. The maximum absolute atomic E-state index is 12.7. The Hall–Kier alpha value is -4.47. The third-order valence-corrected chi connectivity index (χ3v) is 6.28. The fraction of sp³-hybridized carbons (Fsp3) is 0.0741. The van der Waals surface area contributed by atoms with Crippen LogP contribution in [0.2, 0.25) is 10.0 Å². The Morgan fingerprint density at radius 3 is 2.47 bits per heavy atom. The van der Waals surface area contributed by atoms with Crippen LogP contribution in [-0.4, -0.2) is 28.4 Å². The Labute approximate surface area is 225 Å². The van der Waals surface area contributed by atoms with Gasteiger partial charge in [-0.15, -0.1) is 0 Å². The molecule has 0 atom stereocenters. The van der Waals surface area contributed by atoms with Gasteiger partial charge in [-0.1, -0.05) is 41.4 Å². The van der Waals surface area contributed by atoms with Crippen LogP contribution in [0.3, 0.4) is 0 Å². The van der Waals surface area contributed by atoms with Gasteiger partial charge in [0.2, 0.25) is 5.91 Å². The van der Waals surface area contributed by atoms with Gasteiger partial charge < -0.3 is 19.8 Å². The number of ether oxygens (including phenoxy) is 1. The Balaban J connectivity index is 1.42. The van der Waals surface area contributed by atoms with Gasteiger partial charge in [0.1, 0.15) is 16.7 Å². The van der Waals surface area contributed by atoms with Gasteiger partial charge in [0.25, 0.3) is 5.91 Å². The first-order chi connectivity index (χ1) is 18.3. The molecule has 11 heteroatoms. The summed E-state index contributed by atoms with van der Waals surface area (Å²) < 4.78 is 11.0. The summed E-state index contributed by atoms with van der Waals surface area (Å²) >= 11 is 12.1. The van der Waals surface area contributed by atoms with Gasteiger partial charge in [0.05, 0.1) is 21.2 Å². The predicted octanol–water partition coefficient (Wildman–Crippen LogP) is 5.69. The van der Waals surface area contributed by atoms with E-state index < -0.39 is 17.4 Å². The monoisotopic (exact) mass is 548 g/mol. The van der Waals surface area contributed by atoms with Crippen molar-refractivity contribution in [2.24, 2.45) is 0 Å². The zero-order valence-corrected chi connectivity index (χ0v) is 21.3. The molecule has 2 heterocycles. The molecule has 5 rings (SSSR count). The molecule has 2 N–H and O–H groups in total. The maximum atomic E-state index is 12.7. The SMILES string of the molecule is CC(=O)Nc1nc(-c2ccc(OCC(=O)Nc3cccc(Cl)c3Cl)cc2)nc2c1c(=O)oc1ccccc12. The quantitative estimate of drug-likeness (QED) is 0.206. The number of halogens is 2. The minimum absolute atomic E-state index is 0.0497. The number of para-hydroxylation sites is 1. The van der Waals surface area contributed by atoms with Gasteiger partial charge in [-0.05, 0) is 48.5 Å². The number of nitrogens with one attached hydrogen (secondary N) is 2. The molecule has 3 aromatic carbocycles. The van der Waals surface area contributed by atoms with Gasteiger partial charge in [-0.2, -0.15) is 0 Å². The number of hydrogen-bond donors (Lipinski definition) is 2. The van der Waals surface area contributed by atoms with Crippen molar-refractivity contribution >= 4 is 68.4 Å². The second kappa shape index (κ2) is 10.5. The summed E-state index contributed by atoms with van der Waals surface area (Å²) in [5.74, 6) is -0.0630. The molecule has 38 heavy (non-hydrogen) atoms. The Morgan fingerprint density at radius 1 is 0.947 bits per heavy atom. The highest BCUT2D eigenvalue weighted by Gasteiger charge is 2.18. The van der Waals surface area contributed by atoms with Crippen molar-refractivity contribution in [1.82, 2.24) is 9.97 Å². The molecule has 190 valence electrons. The van der Waals surface area contributed by atoms with Gasteiger partial charge >= 0.3 is 5.63 Å². The number of benzene rings is 3. The second-order valence-electron chi connectivity index (χ2n) is 8.15.